The number of nitrogens with zero attached hydrogens (tertiary/aromatic N) is 2. The number of carbonyl (C=O) groups is 1. The minimum absolute atomic E-state index is 0.194. The number of carbonyl (C=O) groups excluding carboxylic acids is 1. The first-order valence-corrected chi connectivity index (χ1v) is 3.98. The molecule has 0 aliphatic rings. The van der Waals surface area contributed by atoms with Crippen LogP contribution in [0, 0.1) is 10.1 Å². The van der Waals surface area contributed by atoms with Crippen molar-refractivity contribution in [3.05, 3.63) is 27.4 Å². The number of alkyl halides is 2. The molecule has 6 nitrogen and oxygen atoms in total. The molecule has 0 amide bonds. The van der Waals surface area contributed by atoms with Gasteiger partial charge in [0.2, 0.25) is 11.4 Å². The lowest BCUT2D eigenvalue weighted by Gasteiger charge is -2.04. The van der Waals surface area contributed by atoms with Gasteiger partial charge in [-0.05, 0) is 9.91 Å². The van der Waals surface area contributed by atoms with Crippen LogP contribution in [-0.2, 0) is 0 Å². The third-order valence-corrected chi connectivity index (χ3v) is 1.73. The van der Waals surface area contributed by atoms with Crippen LogP contribution in [-0.4, -0.2) is 23.3 Å². The van der Waals surface area contributed by atoms with Crippen molar-refractivity contribution >= 4 is 12.1 Å². The molecule has 0 aliphatic heterocycles. The predicted molar refractivity (Wildman–Crippen MR) is 47.8 cm³/mol. The molecule has 0 aromatic carbocycles. The highest BCUT2D eigenvalue weighted by atomic mass is 19.3. The van der Waals surface area contributed by atoms with Crippen LogP contribution in [0.4, 0.5) is 14.6 Å². The van der Waals surface area contributed by atoms with Gasteiger partial charge in [-0.25, -0.2) is 8.78 Å². The molecule has 1 heterocycles. The molecule has 8 heteroatoms. The van der Waals surface area contributed by atoms with E-state index < -0.39 is 28.6 Å². The summed E-state index contributed by atoms with van der Waals surface area (Å²) >= 11 is 0. The van der Waals surface area contributed by atoms with Crippen LogP contribution >= 0.6 is 0 Å². The summed E-state index contributed by atoms with van der Waals surface area (Å²) in [6, 6.07) is 0.753. The van der Waals surface area contributed by atoms with E-state index in [0.717, 1.165) is 13.2 Å². The normalized spacial score (nSPS) is 10.2. The smallest absolute Gasteiger partial charge is 0.407 e. The number of methoxy groups -OCH3 is 1. The van der Waals surface area contributed by atoms with Crippen LogP contribution in [0.1, 0.15) is 22.5 Å². The Labute approximate surface area is 88.0 Å². The summed E-state index contributed by atoms with van der Waals surface area (Å²) in [5.74, 6) is -1.33. The molecule has 0 aliphatic carbocycles. The molecule has 0 unspecified atom stereocenters. The zero-order valence-corrected chi connectivity index (χ0v) is 8.02. The molecular formula is C8H6F2N2O4. The fraction of sp³-hybridized carbons (Fsp3) is 0.250. The highest BCUT2D eigenvalue weighted by Crippen LogP contribution is 2.31. The van der Waals surface area contributed by atoms with Crippen molar-refractivity contribution in [3.63, 3.8) is 0 Å². The SMILES string of the molecule is COc1c(C=O)cc(C(F)F)nc1[N+](=O)[O-]. The monoisotopic (exact) mass is 232 g/mol. The number of nitro groups is 1. The zero-order valence-electron chi connectivity index (χ0n) is 8.02. The van der Waals surface area contributed by atoms with Crippen molar-refractivity contribution in [2.45, 2.75) is 6.43 Å². The summed E-state index contributed by atoms with van der Waals surface area (Å²) in [6.45, 7) is 0. The van der Waals surface area contributed by atoms with Crippen molar-refractivity contribution in [2.24, 2.45) is 0 Å². The van der Waals surface area contributed by atoms with Crippen molar-refractivity contribution in [1.29, 1.82) is 0 Å². The largest absolute Gasteiger partial charge is 0.489 e. The number of halogens is 2. The Morgan fingerprint density at radius 2 is 2.25 bits per heavy atom. The van der Waals surface area contributed by atoms with E-state index in [2.05, 4.69) is 9.72 Å². The molecule has 0 spiro atoms. The minimum Gasteiger partial charge on any atom is -0.489 e. The average molecular weight is 232 g/mol. The molecule has 0 atom stereocenters. The molecule has 1 rings (SSSR count). The molecule has 0 saturated heterocycles. The fourth-order valence-electron chi connectivity index (χ4n) is 1.09. The number of pyridine rings is 1. The van der Waals surface area contributed by atoms with Gasteiger partial charge in [-0.3, -0.25) is 4.79 Å². The number of aromatic nitrogens is 1. The first kappa shape index (κ1) is 12.0. The highest BCUT2D eigenvalue weighted by molar-refractivity contribution is 5.81. The average Bonchev–Trinajstić information content (AvgIpc) is 2.26. The quantitative estimate of drug-likeness (QED) is 0.448. The second-order valence-electron chi connectivity index (χ2n) is 2.67. The van der Waals surface area contributed by atoms with Gasteiger partial charge < -0.3 is 14.9 Å². The fourth-order valence-corrected chi connectivity index (χ4v) is 1.09. The Balaban J connectivity index is 3.49. The molecule has 86 valence electrons. The van der Waals surface area contributed by atoms with Crippen molar-refractivity contribution in [2.75, 3.05) is 7.11 Å². The predicted octanol–water partition coefficient (Wildman–Crippen LogP) is 1.75. The Morgan fingerprint density at radius 3 is 2.62 bits per heavy atom. The molecule has 16 heavy (non-hydrogen) atoms. The van der Waals surface area contributed by atoms with Crippen LogP contribution < -0.4 is 4.74 Å². The molecule has 1 aromatic heterocycles. The molecular weight excluding hydrogens is 226 g/mol. The number of hydrogen-bond acceptors (Lipinski definition) is 5. The summed E-state index contributed by atoms with van der Waals surface area (Å²) < 4.78 is 29.2. The van der Waals surface area contributed by atoms with Gasteiger partial charge in [0.05, 0.1) is 12.7 Å². The maximum absolute atomic E-state index is 12.3. The van der Waals surface area contributed by atoms with E-state index in [1.807, 2.05) is 0 Å². The van der Waals surface area contributed by atoms with Crippen LogP contribution in [0.15, 0.2) is 6.07 Å². The standard InChI is InChI=1S/C8H6F2N2O4/c1-16-6-4(3-13)2-5(7(9)10)11-8(6)12(14)15/h2-3,7H,1H3. The molecule has 0 radical (unpaired) electrons. The van der Waals surface area contributed by atoms with Gasteiger partial charge in [0, 0.05) is 6.07 Å². The van der Waals surface area contributed by atoms with Gasteiger partial charge in [-0.1, -0.05) is 0 Å². The first-order chi connectivity index (χ1) is 7.51. The lowest BCUT2D eigenvalue weighted by Crippen LogP contribution is -2.04. The van der Waals surface area contributed by atoms with Crippen LogP contribution in [0.5, 0.6) is 5.75 Å². The van der Waals surface area contributed by atoms with Gasteiger partial charge >= 0.3 is 12.2 Å². The van der Waals surface area contributed by atoms with Gasteiger partial charge in [0.1, 0.15) is 0 Å². The summed E-state index contributed by atoms with van der Waals surface area (Å²) in [6.07, 6.45) is -2.80. The topological polar surface area (TPSA) is 82.3 Å². The van der Waals surface area contributed by atoms with Gasteiger partial charge in [0.15, 0.2) is 6.29 Å². The summed E-state index contributed by atoms with van der Waals surface area (Å²) in [4.78, 5) is 23.2. The van der Waals surface area contributed by atoms with Crippen LogP contribution in [0.3, 0.4) is 0 Å². The maximum Gasteiger partial charge on any atom is 0.407 e. The van der Waals surface area contributed by atoms with E-state index in [0.29, 0.717) is 0 Å². The Morgan fingerprint density at radius 1 is 1.62 bits per heavy atom. The zero-order chi connectivity index (χ0) is 12.3. The van der Waals surface area contributed by atoms with Crippen molar-refractivity contribution in [1.82, 2.24) is 4.98 Å². The second kappa shape index (κ2) is 4.60. The van der Waals surface area contributed by atoms with E-state index in [1.165, 1.54) is 0 Å². The molecule has 0 bridgehead atoms. The van der Waals surface area contributed by atoms with E-state index in [9.17, 15) is 23.7 Å². The van der Waals surface area contributed by atoms with Crippen LogP contribution in [0.2, 0.25) is 0 Å². The van der Waals surface area contributed by atoms with Gasteiger partial charge in [-0.2, -0.15) is 0 Å². The summed E-state index contributed by atoms with van der Waals surface area (Å²) in [5.41, 5.74) is -1.17. The number of hydrogen-bond donors (Lipinski definition) is 0. The van der Waals surface area contributed by atoms with Gasteiger partial charge in [-0.15, -0.1) is 0 Å². The number of aldehydes is 1. The third-order valence-electron chi connectivity index (χ3n) is 1.73. The summed E-state index contributed by atoms with van der Waals surface area (Å²) in [7, 11) is 1.08. The molecule has 1 aromatic rings. The number of ether oxygens (including phenoxy) is 1. The lowest BCUT2D eigenvalue weighted by atomic mass is 10.2. The van der Waals surface area contributed by atoms with Crippen molar-refractivity contribution < 1.29 is 23.2 Å². The Bertz CT molecular complexity index is 436. The summed E-state index contributed by atoms with van der Waals surface area (Å²) in [5, 5.41) is 10.5. The maximum atomic E-state index is 12.3. The van der Waals surface area contributed by atoms with Crippen LogP contribution in [0.25, 0.3) is 0 Å². The molecule has 0 fully saturated rings. The van der Waals surface area contributed by atoms with E-state index in [-0.39, 0.29) is 11.8 Å². The molecule has 0 N–H and O–H groups in total. The highest BCUT2D eigenvalue weighted by Gasteiger charge is 2.27. The Kier molecular flexibility index (Phi) is 3.44. The van der Waals surface area contributed by atoms with Gasteiger partial charge in [0.25, 0.3) is 0 Å². The van der Waals surface area contributed by atoms with Crippen molar-refractivity contribution in [3.8, 4) is 5.75 Å². The van der Waals surface area contributed by atoms with E-state index in [1.54, 1.807) is 0 Å². The minimum atomic E-state index is -3.00. The lowest BCUT2D eigenvalue weighted by molar-refractivity contribution is -0.390. The van der Waals surface area contributed by atoms with E-state index in [4.69, 9.17) is 0 Å². The molecule has 0 saturated carbocycles. The Hall–Kier alpha value is -2.12. The second-order valence-corrected chi connectivity index (χ2v) is 2.67. The third kappa shape index (κ3) is 2.10. The number of rotatable bonds is 4. The first-order valence-electron chi connectivity index (χ1n) is 3.98. The van der Waals surface area contributed by atoms with E-state index >= 15 is 0 Å².